The lowest BCUT2D eigenvalue weighted by molar-refractivity contribution is -0.105. The number of nitrogens with one attached hydrogen (secondary N) is 1. The number of aromatic nitrogens is 1. The average molecular weight is 191 g/mol. The number of hydrogen-bond acceptors (Lipinski definition) is 3. The van der Waals surface area contributed by atoms with Crippen molar-refractivity contribution in [2.75, 3.05) is 17.3 Å². The van der Waals surface area contributed by atoms with Crippen LogP contribution in [0.3, 0.4) is 0 Å². The molecular formula is C10H13N3O. The minimum Gasteiger partial charge on any atom is -0.370 e. The summed E-state index contributed by atoms with van der Waals surface area (Å²) < 4.78 is 0. The molecule has 1 amide bonds. The molecular weight excluding hydrogens is 178 g/mol. The zero-order valence-electron chi connectivity index (χ0n) is 8.10. The van der Waals surface area contributed by atoms with Crippen molar-refractivity contribution in [3.05, 3.63) is 18.5 Å². The number of hydrogen-bond donors (Lipinski definition) is 1. The third-order valence-electron chi connectivity index (χ3n) is 2.49. The predicted octanol–water partition coefficient (Wildman–Crippen LogP) is 1.25. The third-order valence-corrected chi connectivity index (χ3v) is 2.49. The van der Waals surface area contributed by atoms with E-state index in [1.165, 1.54) is 12.8 Å². The summed E-state index contributed by atoms with van der Waals surface area (Å²) >= 11 is 0. The van der Waals surface area contributed by atoms with Crippen molar-refractivity contribution in [2.45, 2.75) is 18.9 Å². The van der Waals surface area contributed by atoms with Gasteiger partial charge in [0.15, 0.2) is 0 Å². The molecule has 4 heteroatoms. The van der Waals surface area contributed by atoms with E-state index in [4.69, 9.17) is 0 Å². The Kier molecular flexibility index (Phi) is 2.35. The first-order valence-corrected chi connectivity index (χ1v) is 4.70. The molecule has 0 unspecified atom stereocenters. The van der Waals surface area contributed by atoms with Crippen LogP contribution in [0.25, 0.3) is 0 Å². The highest BCUT2D eigenvalue weighted by molar-refractivity contribution is 5.80. The van der Waals surface area contributed by atoms with Crippen LogP contribution in [-0.2, 0) is 4.79 Å². The minimum atomic E-state index is 0.629. The first-order chi connectivity index (χ1) is 6.83. The maximum atomic E-state index is 10.4. The van der Waals surface area contributed by atoms with Gasteiger partial charge in [0.25, 0.3) is 0 Å². The van der Waals surface area contributed by atoms with Crippen LogP contribution < -0.4 is 10.2 Å². The Morgan fingerprint density at radius 2 is 2.43 bits per heavy atom. The fourth-order valence-electron chi connectivity index (χ4n) is 1.53. The van der Waals surface area contributed by atoms with Crippen molar-refractivity contribution in [2.24, 2.45) is 0 Å². The topological polar surface area (TPSA) is 45.2 Å². The molecule has 1 heterocycles. The molecule has 4 nitrogen and oxygen atoms in total. The molecule has 1 aliphatic carbocycles. The van der Waals surface area contributed by atoms with Gasteiger partial charge in [-0.05, 0) is 18.9 Å². The number of pyridine rings is 1. The Morgan fingerprint density at radius 1 is 1.64 bits per heavy atom. The van der Waals surface area contributed by atoms with Crippen molar-refractivity contribution in [1.29, 1.82) is 0 Å². The van der Waals surface area contributed by atoms with Crippen LogP contribution in [0.5, 0.6) is 0 Å². The molecule has 2 rings (SSSR count). The molecule has 0 saturated heterocycles. The van der Waals surface area contributed by atoms with Gasteiger partial charge in [0.05, 0.1) is 17.6 Å². The monoisotopic (exact) mass is 191 g/mol. The Morgan fingerprint density at radius 3 is 3.07 bits per heavy atom. The first kappa shape index (κ1) is 8.99. The second-order valence-corrected chi connectivity index (χ2v) is 3.50. The predicted molar refractivity (Wildman–Crippen MR) is 55.3 cm³/mol. The van der Waals surface area contributed by atoms with Crippen LogP contribution >= 0.6 is 0 Å². The van der Waals surface area contributed by atoms with Gasteiger partial charge in [0.1, 0.15) is 0 Å². The lowest BCUT2D eigenvalue weighted by Gasteiger charge is -2.20. The Labute approximate surface area is 82.9 Å². The van der Waals surface area contributed by atoms with E-state index in [2.05, 4.69) is 15.2 Å². The molecule has 1 fully saturated rings. The van der Waals surface area contributed by atoms with Gasteiger partial charge in [-0.3, -0.25) is 9.78 Å². The molecule has 0 atom stereocenters. The fourth-order valence-corrected chi connectivity index (χ4v) is 1.53. The van der Waals surface area contributed by atoms with Gasteiger partial charge in [0, 0.05) is 19.3 Å². The second-order valence-electron chi connectivity index (χ2n) is 3.50. The largest absolute Gasteiger partial charge is 0.370 e. The second kappa shape index (κ2) is 3.65. The van der Waals surface area contributed by atoms with E-state index >= 15 is 0 Å². The number of carbonyl (C=O) groups excluding carboxylic acids is 1. The zero-order chi connectivity index (χ0) is 9.97. The molecule has 0 bridgehead atoms. The first-order valence-electron chi connectivity index (χ1n) is 4.70. The maximum Gasteiger partial charge on any atom is 0.211 e. The molecule has 1 aromatic rings. The summed E-state index contributed by atoms with van der Waals surface area (Å²) in [5, 5.41) is 2.65. The van der Waals surface area contributed by atoms with E-state index in [0.717, 1.165) is 11.4 Å². The van der Waals surface area contributed by atoms with Gasteiger partial charge >= 0.3 is 0 Å². The highest BCUT2D eigenvalue weighted by atomic mass is 16.1. The summed E-state index contributed by atoms with van der Waals surface area (Å²) in [4.78, 5) is 16.5. The van der Waals surface area contributed by atoms with Crippen LogP contribution in [0.15, 0.2) is 18.5 Å². The number of anilines is 2. The SMILES string of the molecule is CN(c1ccncc1NC=O)C1CC1. The molecule has 0 radical (unpaired) electrons. The molecule has 1 aromatic heterocycles. The van der Waals surface area contributed by atoms with Crippen LogP contribution in [0.1, 0.15) is 12.8 Å². The molecule has 0 aliphatic heterocycles. The van der Waals surface area contributed by atoms with Crippen LogP contribution in [-0.4, -0.2) is 24.5 Å². The van der Waals surface area contributed by atoms with Gasteiger partial charge in [-0.15, -0.1) is 0 Å². The van der Waals surface area contributed by atoms with Gasteiger partial charge in [-0.25, -0.2) is 0 Å². The van der Waals surface area contributed by atoms with E-state index in [0.29, 0.717) is 12.5 Å². The molecule has 1 N–H and O–H groups in total. The van der Waals surface area contributed by atoms with Crippen molar-refractivity contribution in [3.63, 3.8) is 0 Å². The lowest BCUT2D eigenvalue weighted by atomic mass is 10.3. The van der Waals surface area contributed by atoms with Crippen LogP contribution in [0.2, 0.25) is 0 Å². The molecule has 1 saturated carbocycles. The standard InChI is InChI=1S/C10H13N3O/c1-13(8-2-3-8)10-4-5-11-6-9(10)12-7-14/h4-8H,2-3H2,1H3,(H,12,14). The summed E-state index contributed by atoms with van der Waals surface area (Å²) in [6, 6.07) is 2.55. The van der Waals surface area contributed by atoms with E-state index in [-0.39, 0.29) is 0 Å². The third kappa shape index (κ3) is 1.69. The van der Waals surface area contributed by atoms with Crippen molar-refractivity contribution in [3.8, 4) is 0 Å². The minimum absolute atomic E-state index is 0.629. The van der Waals surface area contributed by atoms with E-state index in [1.807, 2.05) is 13.1 Å². The van der Waals surface area contributed by atoms with Gasteiger partial charge in [-0.2, -0.15) is 0 Å². The Balaban J connectivity index is 2.24. The maximum absolute atomic E-state index is 10.4. The molecule has 0 aromatic carbocycles. The van der Waals surface area contributed by atoms with E-state index in [9.17, 15) is 4.79 Å². The highest BCUT2D eigenvalue weighted by Crippen LogP contribution is 2.33. The fraction of sp³-hybridized carbons (Fsp3) is 0.400. The Bertz CT molecular complexity index is 336. The molecule has 0 spiro atoms. The zero-order valence-corrected chi connectivity index (χ0v) is 8.10. The van der Waals surface area contributed by atoms with Gasteiger partial charge in [-0.1, -0.05) is 0 Å². The summed E-state index contributed by atoms with van der Waals surface area (Å²) in [6.07, 6.45) is 6.56. The number of rotatable bonds is 4. The smallest absolute Gasteiger partial charge is 0.211 e. The normalized spacial score (nSPS) is 14.9. The lowest BCUT2D eigenvalue weighted by Crippen LogP contribution is -2.20. The van der Waals surface area contributed by atoms with Gasteiger partial charge < -0.3 is 10.2 Å². The summed E-state index contributed by atoms with van der Waals surface area (Å²) in [7, 11) is 2.04. The van der Waals surface area contributed by atoms with Crippen LogP contribution in [0, 0.1) is 0 Å². The quantitative estimate of drug-likeness (QED) is 0.728. The van der Waals surface area contributed by atoms with Crippen molar-refractivity contribution < 1.29 is 4.79 Å². The summed E-state index contributed by atoms with van der Waals surface area (Å²) in [6.45, 7) is 0. The van der Waals surface area contributed by atoms with E-state index in [1.54, 1.807) is 12.4 Å². The number of amides is 1. The average Bonchev–Trinajstić information content (AvgIpc) is 3.01. The molecule has 1 aliphatic rings. The van der Waals surface area contributed by atoms with Crippen molar-refractivity contribution >= 4 is 17.8 Å². The Hall–Kier alpha value is -1.58. The van der Waals surface area contributed by atoms with Crippen molar-refractivity contribution in [1.82, 2.24) is 4.98 Å². The van der Waals surface area contributed by atoms with Gasteiger partial charge in [0.2, 0.25) is 6.41 Å². The van der Waals surface area contributed by atoms with Crippen LogP contribution in [0.4, 0.5) is 11.4 Å². The summed E-state index contributed by atoms with van der Waals surface area (Å²) in [5.74, 6) is 0. The number of nitrogens with zero attached hydrogens (tertiary/aromatic N) is 2. The highest BCUT2D eigenvalue weighted by Gasteiger charge is 2.27. The summed E-state index contributed by atoms with van der Waals surface area (Å²) in [5.41, 5.74) is 1.81. The van der Waals surface area contributed by atoms with E-state index < -0.39 is 0 Å². The molecule has 14 heavy (non-hydrogen) atoms. The number of carbonyl (C=O) groups is 1. The molecule has 74 valence electrons.